The van der Waals surface area contributed by atoms with Crippen molar-refractivity contribution in [2.24, 2.45) is 5.92 Å². The minimum absolute atomic E-state index is 0.0801. The Morgan fingerprint density at radius 1 is 1.23 bits per heavy atom. The minimum atomic E-state index is -0.182. The summed E-state index contributed by atoms with van der Waals surface area (Å²) in [6.07, 6.45) is 6.65. The number of aromatic amines is 1. The number of likely N-dealkylation sites (tertiary alicyclic amines) is 1. The lowest BCUT2D eigenvalue weighted by atomic mass is 9.96. The molecule has 0 spiro atoms. The molecule has 0 atom stereocenters. The van der Waals surface area contributed by atoms with Gasteiger partial charge < -0.3 is 14.8 Å². The lowest BCUT2D eigenvalue weighted by Gasteiger charge is -2.33. The molecule has 1 amide bonds. The second-order valence-electron chi connectivity index (χ2n) is 7.95. The Hall–Kier alpha value is -2.51. The number of imidazole rings is 1. The molecule has 158 valence electrons. The van der Waals surface area contributed by atoms with Crippen LogP contribution in [0.1, 0.15) is 28.1 Å². The predicted octanol–water partition coefficient (Wildman–Crippen LogP) is 4.30. The van der Waals surface area contributed by atoms with Crippen LogP contribution in [0.2, 0.25) is 0 Å². The Labute approximate surface area is 180 Å². The summed E-state index contributed by atoms with van der Waals surface area (Å²) >= 11 is 1.48. The van der Waals surface area contributed by atoms with Gasteiger partial charge >= 0.3 is 0 Å². The number of benzene rings is 1. The number of carbonyl (C=O) groups is 1. The number of H-pyrrole nitrogens is 1. The third kappa shape index (κ3) is 5.15. The van der Waals surface area contributed by atoms with E-state index in [1.54, 1.807) is 12.4 Å². The highest BCUT2D eigenvalue weighted by Gasteiger charge is 2.23. The van der Waals surface area contributed by atoms with Crippen LogP contribution in [0.25, 0.3) is 10.7 Å². The van der Waals surface area contributed by atoms with Gasteiger partial charge in [-0.3, -0.25) is 4.79 Å². The summed E-state index contributed by atoms with van der Waals surface area (Å²) in [4.78, 5) is 26.2. The van der Waals surface area contributed by atoms with E-state index in [4.69, 9.17) is 0 Å². The molecule has 3 heterocycles. The fourth-order valence-electron chi connectivity index (χ4n) is 3.97. The SMILES string of the molecule is CN(CC1CCN(CCc2ccc(F)cc2)CC1)C(=O)c1ccc(-c2ncc[nH]2)s1. The topological polar surface area (TPSA) is 52.2 Å². The van der Waals surface area contributed by atoms with E-state index in [1.807, 2.05) is 36.2 Å². The number of nitrogens with one attached hydrogen (secondary N) is 1. The van der Waals surface area contributed by atoms with Gasteiger partial charge in [-0.25, -0.2) is 9.37 Å². The predicted molar refractivity (Wildman–Crippen MR) is 118 cm³/mol. The summed E-state index contributed by atoms with van der Waals surface area (Å²) in [5, 5.41) is 0. The maximum atomic E-state index is 13.0. The fourth-order valence-corrected chi connectivity index (χ4v) is 4.93. The highest BCUT2D eigenvalue weighted by atomic mass is 32.1. The van der Waals surface area contributed by atoms with Gasteiger partial charge in [0.15, 0.2) is 0 Å². The molecule has 30 heavy (non-hydrogen) atoms. The largest absolute Gasteiger partial charge is 0.344 e. The van der Waals surface area contributed by atoms with Crippen molar-refractivity contribution in [3.05, 3.63) is 65.0 Å². The molecule has 0 radical (unpaired) electrons. The van der Waals surface area contributed by atoms with E-state index >= 15 is 0 Å². The number of halogens is 1. The van der Waals surface area contributed by atoms with Crippen molar-refractivity contribution < 1.29 is 9.18 Å². The highest BCUT2D eigenvalue weighted by Crippen LogP contribution is 2.27. The second-order valence-corrected chi connectivity index (χ2v) is 9.03. The first-order valence-electron chi connectivity index (χ1n) is 10.4. The Morgan fingerprint density at radius 2 is 2.00 bits per heavy atom. The summed E-state index contributed by atoms with van der Waals surface area (Å²) in [5.41, 5.74) is 1.17. The van der Waals surface area contributed by atoms with Crippen LogP contribution < -0.4 is 0 Å². The van der Waals surface area contributed by atoms with Crippen molar-refractivity contribution in [2.75, 3.05) is 33.2 Å². The number of amides is 1. The van der Waals surface area contributed by atoms with Crippen LogP contribution in [0.5, 0.6) is 0 Å². The molecule has 1 aliphatic rings. The van der Waals surface area contributed by atoms with E-state index in [2.05, 4.69) is 14.9 Å². The van der Waals surface area contributed by atoms with E-state index in [-0.39, 0.29) is 11.7 Å². The van der Waals surface area contributed by atoms with Crippen LogP contribution in [-0.2, 0) is 6.42 Å². The quantitative estimate of drug-likeness (QED) is 0.613. The summed E-state index contributed by atoms with van der Waals surface area (Å²) in [7, 11) is 1.90. The molecule has 4 rings (SSSR count). The van der Waals surface area contributed by atoms with Crippen molar-refractivity contribution >= 4 is 17.2 Å². The molecule has 1 aliphatic heterocycles. The molecule has 0 bridgehead atoms. The van der Waals surface area contributed by atoms with Gasteiger partial charge in [0.05, 0.1) is 9.75 Å². The van der Waals surface area contributed by atoms with Gasteiger partial charge in [-0.05, 0) is 68.1 Å². The average Bonchev–Trinajstić information content (AvgIpc) is 3.46. The second kappa shape index (κ2) is 9.53. The Balaban J connectivity index is 1.22. The first-order valence-corrected chi connectivity index (χ1v) is 11.2. The van der Waals surface area contributed by atoms with Crippen LogP contribution in [0, 0.1) is 11.7 Å². The lowest BCUT2D eigenvalue weighted by molar-refractivity contribution is 0.0745. The molecule has 3 aromatic rings. The first-order chi connectivity index (χ1) is 14.6. The zero-order chi connectivity index (χ0) is 20.9. The van der Waals surface area contributed by atoms with Gasteiger partial charge in [-0.15, -0.1) is 11.3 Å². The molecule has 1 N–H and O–H groups in total. The number of thiophene rings is 1. The van der Waals surface area contributed by atoms with Crippen molar-refractivity contribution in [3.8, 4) is 10.7 Å². The Morgan fingerprint density at radius 3 is 2.70 bits per heavy atom. The standard InChI is InChI=1S/C23H27FN4OS/c1-27(23(29)21-7-6-20(30-21)22-25-11-12-26-22)16-18-9-14-28(15-10-18)13-8-17-2-4-19(24)5-3-17/h2-7,11-12,18H,8-10,13-16H2,1H3,(H,25,26). The summed E-state index contributed by atoms with van der Waals surface area (Å²) in [5.74, 6) is 1.23. The zero-order valence-electron chi connectivity index (χ0n) is 17.2. The number of hydrogen-bond acceptors (Lipinski definition) is 4. The minimum Gasteiger partial charge on any atom is -0.344 e. The van der Waals surface area contributed by atoms with Gasteiger partial charge in [0, 0.05) is 32.5 Å². The number of carbonyl (C=O) groups excluding carboxylic acids is 1. The van der Waals surface area contributed by atoms with E-state index < -0.39 is 0 Å². The van der Waals surface area contributed by atoms with Crippen molar-refractivity contribution in [1.29, 1.82) is 0 Å². The third-order valence-corrected chi connectivity index (χ3v) is 6.84. The number of piperidine rings is 1. The molecule has 1 fully saturated rings. The highest BCUT2D eigenvalue weighted by molar-refractivity contribution is 7.17. The van der Waals surface area contributed by atoms with Crippen LogP contribution >= 0.6 is 11.3 Å². The zero-order valence-corrected chi connectivity index (χ0v) is 18.0. The summed E-state index contributed by atoms with van der Waals surface area (Å²) < 4.78 is 13.0. The molecular weight excluding hydrogens is 399 g/mol. The van der Waals surface area contributed by atoms with Crippen molar-refractivity contribution in [2.45, 2.75) is 19.3 Å². The van der Waals surface area contributed by atoms with E-state index in [0.717, 1.165) is 61.0 Å². The molecule has 0 aliphatic carbocycles. The number of nitrogens with zero attached hydrogens (tertiary/aromatic N) is 3. The van der Waals surface area contributed by atoms with E-state index in [0.29, 0.717) is 5.92 Å². The maximum Gasteiger partial charge on any atom is 0.263 e. The molecule has 0 saturated carbocycles. The molecule has 5 nitrogen and oxygen atoms in total. The lowest BCUT2D eigenvalue weighted by Crippen LogP contribution is -2.40. The third-order valence-electron chi connectivity index (χ3n) is 5.76. The monoisotopic (exact) mass is 426 g/mol. The van der Waals surface area contributed by atoms with Gasteiger partial charge in [-0.2, -0.15) is 0 Å². The molecule has 7 heteroatoms. The molecule has 1 aromatic carbocycles. The maximum absolute atomic E-state index is 13.0. The van der Waals surface area contributed by atoms with Gasteiger partial charge in [-0.1, -0.05) is 12.1 Å². The average molecular weight is 427 g/mol. The molecule has 2 aromatic heterocycles. The van der Waals surface area contributed by atoms with Crippen molar-refractivity contribution in [1.82, 2.24) is 19.8 Å². The molecular formula is C23H27FN4OS. The van der Waals surface area contributed by atoms with Crippen molar-refractivity contribution in [3.63, 3.8) is 0 Å². The van der Waals surface area contributed by atoms with Crippen LogP contribution in [0.4, 0.5) is 4.39 Å². The molecule has 1 saturated heterocycles. The number of rotatable bonds is 7. The Kier molecular flexibility index (Phi) is 6.59. The van der Waals surface area contributed by atoms with E-state index in [9.17, 15) is 9.18 Å². The fraction of sp³-hybridized carbons (Fsp3) is 0.391. The summed E-state index contributed by atoms with van der Waals surface area (Å²) in [6.45, 7) is 3.89. The normalized spacial score (nSPS) is 15.4. The van der Waals surface area contributed by atoms with Gasteiger partial charge in [0.2, 0.25) is 0 Å². The number of aromatic nitrogens is 2. The van der Waals surface area contributed by atoms with Crippen LogP contribution in [-0.4, -0.2) is 58.9 Å². The Bertz CT molecular complexity index is 946. The van der Waals surface area contributed by atoms with Crippen LogP contribution in [0.3, 0.4) is 0 Å². The smallest absolute Gasteiger partial charge is 0.263 e. The van der Waals surface area contributed by atoms with Gasteiger partial charge in [0.1, 0.15) is 11.6 Å². The van der Waals surface area contributed by atoms with Crippen LogP contribution in [0.15, 0.2) is 48.8 Å². The van der Waals surface area contributed by atoms with Gasteiger partial charge in [0.25, 0.3) is 5.91 Å². The first kappa shape index (κ1) is 20.8. The number of hydrogen-bond donors (Lipinski definition) is 1. The van der Waals surface area contributed by atoms with E-state index in [1.165, 1.54) is 29.0 Å². The summed E-state index contributed by atoms with van der Waals surface area (Å²) in [6, 6.07) is 10.6. The molecule has 0 unspecified atom stereocenters.